The lowest BCUT2D eigenvalue weighted by Gasteiger charge is -2.36. The standard InChI is InChI=1S/C24H20FN3O2S/c25-18-8-10-19(11-9-18)27-12-14-28(15-13-27)24(29)22-21(17-5-2-1-3-6-17)26-23(31-22)20-7-4-16-30-20/h1-11,16H,12-15H2. The maximum Gasteiger partial charge on any atom is 0.266 e. The second kappa shape index (κ2) is 8.35. The third-order valence-corrected chi connectivity index (χ3v) is 6.42. The molecule has 2 aromatic carbocycles. The van der Waals surface area contributed by atoms with Crippen LogP contribution in [0.2, 0.25) is 0 Å². The van der Waals surface area contributed by atoms with Gasteiger partial charge in [-0.25, -0.2) is 9.37 Å². The highest BCUT2D eigenvalue weighted by Crippen LogP contribution is 2.35. The molecule has 0 N–H and O–H groups in total. The Morgan fingerprint density at radius 3 is 2.35 bits per heavy atom. The molecule has 0 spiro atoms. The molecule has 1 amide bonds. The first kappa shape index (κ1) is 19.5. The first-order valence-electron chi connectivity index (χ1n) is 10.1. The van der Waals surface area contributed by atoms with Gasteiger partial charge in [0.15, 0.2) is 10.8 Å². The topological polar surface area (TPSA) is 49.6 Å². The van der Waals surface area contributed by atoms with E-state index in [0.29, 0.717) is 47.5 Å². The maximum absolute atomic E-state index is 13.5. The van der Waals surface area contributed by atoms with Crippen molar-refractivity contribution in [3.63, 3.8) is 0 Å². The lowest BCUT2D eigenvalue weighted by atomic mass is 10.1. The number of nitrogens with zero attached hydrogens (tertiary/aromatic N) is 3. The fourth-order valence-corrected chi connectivity index (χ4v) is 4.75. The summed E-state index contributed by atoms with van der Waals surface area (Å²) in [4.78, 5) is 22.9. The molecule has 0 unspecified atom stereocenters. The van der Waals surface area contributed by atoms with E-state index in [-0.39, 0.29) is 11.7 Å². The fourth-order valence-electron chi connectivity index (χ4n) is 3.73. The summed E-state index contributed by atoms with van der Waals surface area (Å²) < 4.78 is 18.7. The highest BCUT2D eigenvalue weighted by Gasteiger charge is 2.28. The summed E-state index contributed by atoms with van der Waals surface area (Å²) in [6.45, 7) is 2.58. The van der Waals surface area contributed by atoms with Crippen LogP contribution >= 0.6 is 11.3 Å². The quantitative estimate of drug-likeness (QED) is 0.445. The van der Waals surface area contributed by atoms with E-state index in [4.69, 9.17) is 9.40 Å². The largest absolute Gasteiger partial charge is 0.462 e. The highest BCUT2D eigenvalue weighted by atomic mass is 32.1. The number of carbonyl (C=O) groups excluding carboxylic acids is 1. The van der Waals surface area contributed by atoms with Crippen molar-refractivity contribution in [2.45, 2.75) is 0 Å². The SMILES string of the molecule is O=C(c1sc(-c2ccco2)nc1-c1ccccc1)N1CCN(c2ccc(F)cc2)CC1. The number of thiazole rings is 1. The molecule has 7 heteroatoms. The molecule has 1 aliphatic heterocycles. The van der Waals surface area contributed by atoms with Crippen molar-refractivity contribution in [3.05, 3.63) is 83.7 Å². The van der Waals surface area contributed by atoms with Gasteiger partial charge in [-0.1, -0.05) is 30.3 Å². The number of piperazine rings is 1. The second-order valence-corrected chi connectivity index (χ2v) is 8.29. The Morgan fingerprint density at radius 1 is 0.935 bits per heavy atom. The van der Waals surface area contributed by atoms with Crippen LogP contribution in [-0.4, -0.2) is 42.0 Å². The first-order valence-corrected chi connectivity index (χ1v) is 10.9. The minimum absolute atomic E-state index is 0.0204. The molecule has 4 aromatic rings. The summed E-state index contributed by atoms with van der Waals surface area (Å²) in [6.07, 6.45) is 1.61. The molecular formula is C24H20FN3O2S. The number of carbonyl (C=O) groups is 1. The molecule has 0 saturated carbocycles. The van der Waals surface area contributed by atoms with Gasteiger partial charge in [0.2, 0.25) is 0 Å². The van der Waals surface area contributed by atoms with Gasteiger partial charge in [0.1, 0.15) is 10.7 Å². The van der Waals surface area contributed by atoms with Gasteiger partial charge >= 0.3 is 0 Å². The summed E-state index contributed by atoms with van der Waals surface area (Å²) >= 11 is 1.36. The molecule has 1 aliphatic rings. The number of rotatable bonds is 4. The molecule has 3 heterocycles. The number of benzene rings is 2. The first-order chi connectivity index (χ1) is 15.2. The van der Waals surface area contributed by atoms with Crippen LogP contribution in [0.15, 0.2) is 77.4 Å². The van der Waals surface area contributed by atoms with Gasteiger partial charge in [0.25, 0.3) is 5.91 Å². The van der Waals surface area contributed by atoms with E-state index in [2.05, 4.69) is 4.90 Å². The van der Waals surface area contributed by atoms with Crippen LogP contribution in [-0.2, 0) is 0 Å². The Labute approximate surface area is 183 Å². The van der Waals surface area contributed by atoms with E-state index in [0.717, 1.165) is 11.3 Å². The van der Waals surface area contributed by atoms with E-state index in [9.17, 15) is 9.18 Å². The van der Waals surface area contributed by atoms with E-state index in [1.54, 1.807) is 18.4 Å². The predicted molar refractivity (Wildman–Crippen MR) is 120 cm³/mol. The van der Waals surface area contributed by atoms with Crippen LogP contribution in [0, 0.1) is 5.82 Å². The van der Waals surface area contributed by atoms with Gasteiger partial charge in [0, 0.05) is 37.4 Å². The molecule has 5 nitrogen and oxygen atoms in total. The summed E-state index contributed by atoms with van der Waals surface area (Å²) in [6, 6.07) is 19.9. The minimum Gasteiger partial charge on any atom is -0.462 e. The zero-order valence-corrected chi connectivity index (χ0v) is 17.5. The molecular weight excluding hydrogens is 413 g/mol. The van der Waals surface area contributed by atoms with Crippen LogP contribution in [0.5, 0.6) is 0 Å². The Morgan fingerprint density at radius 2 is 1.68 bits per heavy atom. The Kier molecular flexibility index (Phi) is 5.26. The molecule has 0 radical (unpaired) electrons. The van der Waals surface area contributed by atoms with E-state index in [1.165, 1.54) is 23.5 Å². The van der Waals surface area contributed by atoms with Crippen LogP contribution in [0.3, 0.4) is 0 Å². The van der Waals surface area contributed by atoms with Gasteiger partial charge in [-0.3, -0.25) is 4.79 Å². The number of halogens is 1. The fraction of sp³-hybridized carbons (Fsp3) is 0.167. The van der Waals surface area contributed by atoms with Crippen LogP contribution in [0.25, 0.3) is 22.0 Å². The number of anilines is 1. The molecule has 156 valence electrons. The van der Waals surface area contributed by atoms with Crippen molar-refractivity contribution >= 4 is 22.9 Å². The summed E-state index contributed by atoms with van der Waals surface area (Å²) in [5.41, 5.74) is 2.56. The van der Waals surface area contributed by atoms with Crippen molar-refractivity contribution in [1.82, 2.24) is 9.88 Å². The number of hydrogen-bond acceptors (Lipinski definition) is 5. The zero-order valence-electron chi connectivity index (χ0n) is 16.7. The van der Waals surface area contributed by atoms with Crippen LogP contribution in [0.4, 0.5) is 10.1 Å². The van der Waals surface area contributed by atoms with E-state index < -0.39 is 0 Å². The molecule has 2 aromatic heterocycles. The van der Waals surface area contributed by atoms with E-state index >= 15 is 0 Å². The normalized spacial score (nSPS) is 14.1. The van der Waals surface area contributed by atoms with Gasteiger partial charge < -0.3 is 14.2 Å². The number of furan rings is 1. The Hall–Kier alpha value is -3.45. The van der Waals surface area contributed by atoms with Crippen molar-refractivity contribution in [3.8, 4) is 22.0 Å². The molecule has 1 fully saturated rings. The summed E-state index contributed by atoms with van der Waals surface area (Å²) in [5, 5.41) is 0.692. The molecule has 0 aliphatic carbocycles. The van der Waals surface area contributed by atoms with Crippen molar-refractivity contribution in [2.24, 2.45) is 0 Å². The summed E-state index contributed by atoms with van der Waals surface area (Å²) in [5.74, 6) is 0.388. The average Bonchev–Trinajstić information content (AvgIpc) is 3.50. The van der Waals surface area contributed by atoms with Crippen molar-refractivity contribution in [2.75, 3.05) is 31.1 Å². The Bertz CT molecular complexity index is 1170. The van der Waals surface area contributed by atoms with Gasteiger partial charge in [-0.2, -0.15) is 0 Å². The van der Waals surface area contributed by atoms with E-state index in [1.807, 2.05) is 47.4 Å². The lowest BCUT2D eigenvalue weighted by molar-refractivity contribution is 0.0752. The zero-order chi connectivity index (χ0) is 21.2. The monoisotopic (exact) mass is 433 g/mol. The van der Waals surface area contributed by atoms with Gasteiger partial charge in [-0.15, -0.1) is 11.3 Å². The predicted octanol–water partition coefficient (Wildman–Crippen LogP) is 5.17. The van der Waals surface area contributed by atoms with Crippen LogP contribution < -0.4 is 4.90 Å². The maximum atomic E-state index is 13.5. The van der Waals surface area contributed by atoms with Crippen molar-refractivity contribution < 1.29 is 13.6 Å². The van der Waals surface area contributed by atoms with Gasteiger partial charge in [-0.05, 0) is 36.4 Å². The van der Waals surface area contributed by atoms with Gasteiger partial charge in [0.05, 0.1) is 12.0 Å². The molecule has 1 saturated heterocycles. The summed E-state index contributed by atoms with van der Waals surface area (Å²) in [7, 11) is 0. The average molecular weight is 434 g/mol. The molecule has 31 heavy (non-hydrogen) atoms. The molecule has 5 rings (SSSR count). The lowest BCUT2D eigenvalue weighted by Crippen LogP contribution is -2.48. The number of amides is 1. The third kappa shape index (κ3) is 3.96. The molecule has 0 bridgehead atoms. The number of hydrogen-bond donors (Lipinski definition) is 0. The number of aromatic nitrogens is 1. The van der Waals surface area contributed by atoms with Crippen molar-refractivity contribution in [1.29, 1.82) is 0 Å². The minimum atomic E-state index is -0.247. The molecule has 0 atom stereocenters. The van der Waals surface area contributed by atoms with Crippen LogP contribution in [0.1, 0.15) is 9.67 Å². The smallest absolute Gasteiger partial charge is 0.266 e. The Balaban J connectivity index is 1.39. The second-order valence-electron chi connectivity index (χ2n) is 7.30. The third-order valence-electron chi connectivity index (χ3n) is 5.36. The highest BCUT2D eigenvalue weighted by molar-refractivity contribution is 7.17.